The minimum absolute atomic E-state index is 0.00535. The number of rotatable bonds is 5. The van der Waals surface area contributed by atoms with Crippen molar-refractivity contribution in [3.05, 3.63) is 40.8 Å². The summed E-state index contributed by atoms with van der Waals surface area (Å²) < 4.78 is 16.2. The number of halogens is 1. The third-order valence-electron chi connectivity index (χ3n) is 7.57. The van der Waals surface area contributed by atoms with E-state index in [1.165, 1.54) is 22.4 Å². The van der Waals surface area contributed by atoms with Gasteiger partial charge in [0.15, 0.2) is 11.6 Å². The van der Waals surface area contributed by atoms with Crippen LogP contribution in [0.25, 0.3) is 10.1 Å². The van der Waals surface area contributed by atoms with Crippen molar-refractivity contribution < 1.29 is 9.18 Å². The average Bonchev–Trinajstić information content (AvgIpc) is 3.52. The second-order valence-electron chi connectivity index (χ2n) is 10.2. The molecule has 0 radical (unpaired) electrons. The number of fused-ring (bicyclic) bond motifs is 1. The lowest BCUT2D eigenvalue weighted by Gasteiger charge is -2.38. The van der Waals surface area contributed by atoms with Crippen molar-refractivity contribution in [2.75, 3.05) is 50.7 Å². The second-order valence-corrected chi connectivity index (χ2v) is 11.3. The minimum Gasteiger partial charge on any atom is -0.367 e. The maximum absolute atomic E-state index is 15.3. The Labute approximate surface area is 215 Å². The van der Waals surface area contributed by atoms with Crippen molar-refractivity contribution in [3.8, 4) is 0 Å². The van der Waals surface area contributed by atoms with Crippen LogP contribution in [-0.2, 0) is 0 Å². The fraction of sp³-hybridized carbons (Fsp3) is 0.500. The quantitative estimate of drug-likeness (QED) is 0.403. The molecule has 1 aliphatic carbocycles. The van der Waals surface area contributed by atoms with E-state index in [9.17, 15) is 4.79 Å². The van der Waals surface area contributed by atoms with Gasteiger partial charge in [0.2, 0.25) is 0 Å². The summed E-state index contributed by atoms with van der Waals surface area (Å²) in [6.07, 6.45) is 7.85. The van der Waals surface area contributed by atoms with E-state index in [-0.39, 0.29) is 11.7 Å². The summed E-state index contributed by atoms with van der Waals surface area (Å²) >= 11 is 1.47. The molecule has 1 aliphatic heterocycles. The number of hydrogen-bond acceptors (Lipinski definition) is 8. The van der Waals surface area contributed by atoms with Crippen molar-refractivity contribution in [1.82, 2.24) is 19.8 Å². The van der Waals surface area contributed by atoms with Crippen LogP contribution in [0.5, 0.6) is 0 Å². The number of carbonyl (C=O) groups excluding carboxylic acids is 1. The molecule has 1 atom stereocenters. The first-order valence-corrected chi connectivity index (χ1v) is 13.4. The van der Waals surface area contributed by atoms with Crippen LogP contribution in [0.15, 0.2) is 24.5 Å². The zero-order valence-corrected chi connectivity index (χ0v) is 22.2. The minimum atomic E-state index is -0.492. The normalized spacial score (nSPS) is 19.3. The molecule has 5 rings (SSSR count). The van der Waals surface area contributed by atoms with Gasteiger partial charge in [0, 0.05) is 57.4 Å². The number of pyridine rings is 2. The van der Waals surface area contributed by atoms with Gasteiger partial charge in [-0.25, -0.2) is 25.2 Å². The van der Waals surface area contributed by atoms with Crippen molar-refractivity contribution in [1.29, 1.82) is 0 Å². The molecule has 4 heterocycles. The fourth-order valence-corrected chi connectivity index (χ4v) is 6.55. The van der Waals surface area contributed by atoms with Crippen LogP contribution < -0.4 is 15.8 Å². The summed E-state index contributed by atoms with van der Waals surface area (Å²) in [7, 11) is 5.65. The number of aromatic nitrogens is 2. The van der Waals surface area contributed by atoms with Crippen LogP contribution in [0.3, 0.4) is 0 Å². The highest BCUT2D eigenvalue weighted by atomic mass is 32.1. The molecule has 8 nitrogen and oxygen atoms in total. The van der Waals surface area contributed by atoms with E-state index in [0.717, 1.165) is 71.5 Å². The van der Waals surface area contributed by atoms with Gasteiger partial charge >= 0.3 is 0 Å². The number of nitrogens with two attached hydrogens (primary N) is 1. The predicted molar refractivity (Wildman–Crippen MR) is 144 cm³/mol. The van der Waals surface area contributed by atoms with Crippen molar-refractivity contribution in [3.63, 3.8) is 0 Å². The molecule has 192 valence electrons. The van der Waals surface area contributed by atoms with Gasteiger partial charge in [-0.1, -0.05) is 12.8 Å². The second kappa shape index (κ2) is 9.91. The number of piperazine rings is 1. The number of hydrazine groups is 1. The van der Waals surface area contributed by atoms with E-state index in [1.807, 2.05) is 6.07 Å². The van der Waals surface area contributed by atoms with Crippen LogP contribution in [0.4, 0.5) is 21.7 Å². The van der Waals surface area contributed by atoms with Gasteiger partial charge in [0.1, 0.15) is 5.82 Å². The summed E-state index contributed by atoms with van der Waals surface area (Å²) in [5.74, 6) is 6.64. The average molecular weight is 512 g/mol. The van der Waals surface area contributed by atoms with Crippen molar-refractivity contribution in [2.45, 2.75) is 44.6 Å². The SMILES string of the molecule is C[C@H]1CN(c2cnc(N(N)c3cc4c(C5CCCC5)c(C(=O)N(C)C)sc4cn3)c(F)c2)CCN1C. The fourth-order valence-electron chi connectivity index (χ4n) is 5.29. The molecule has 2 aliphatic rings. The third-order valence-corrected chi connectivity index (χ3v) is 8.71. The zero-order chi connectivity index (χ0) is 25.6. The monoisotopic (exact) mass is 511 g/mol. The summed E-state index contributed by atoms with van der Waals surface area (Å²) in [5, 5.41) is 2.18. The van der Waals surface area contributed by atoms with Gasteiger partial charge in [0.05, 0.1) is 21.5 Å². The van der Waals surface area contributed by atoms with Gasteiger partial charge < -0.3 is 14.7 Å². The Morgan fingerprint density at radius 3 is 2.58 bits per heavy atom. The first-order valence-electron chi connectivity index (χ1n) is 12.5. The van der Waals surface area contributed by atoms with E-state index in [1.54, 1.807) is 31.4 Å². The number of nitrogens with zero attached hydrogens (tertiary/aromatic N) is 6. The summed E-state index contributed by atoms with van der Waals surface area (Å²) in [5.41, 5.74) is 1.83. The topological polar surface area (TPSA) is 81.8 Å². The van der Waals surface area contributed by atoms with Crippen molar-refractivity contribution >= 4 is 44.7 Å². The zero-order valence-electron chi connectivity index (χ0n) is 21.4. The molecule has 2 N–H and O–H groups in total. The largest absolute Gasteiger partial charge is 0.367 e. The molecule has 1 saturated heterocycles. The van der Waals surface area contributed by atoms with E-state index >= 15 is 4.39 Å². The molecule has 1 saturated carbocycles. The number of carbonyl (C=O) groups is 1. The highest BCUT2D eigenvalue weighted by Gasteiger charge is 2.29. The molecule has 0 unspecified atom stereocenters. The lowest BCUT2D eigenvalue weighted by atomic mass is 9.94. The van der Waals surface area contributed by atoms with Crippen LogP contribution in [0.1, 0.15) is 53.8 Å². The van der Waals surface area contributed by atoms with Crippen LogP contribution in [-0.4, -0.2) is 72.5 Å². The Hall–Kier alpha value is -2.82. The molecule has 36 heavy (non-hydrogen) atoms. The lowest BCUT2D eigenvalue weighted by molar-refractivity contribution is 0.0831. The third kappa shape index (κ3) is 4.53. The Bertz CT molecular complexity index is 1270. The number of anilines is 3. The predicted octanol–water partition coefficient (Wildman–Crippen LogP) is 4.34. The number of hydrogen-bond donors (Lipinski definition) is 1. The maximum atomic E-state index is 15.3. The van der Waals surface area contributed by atoms with Gasteiger partial charge in [-0.05, 0) is 44.4 Å². The molecule has 10 heteroatoms. The molecule has 1 amide bonds. The molecule has 3 aromatic rings. The van der Waals surface area contributed by atoms with Gasteiger partial charge in [0.25, 0.3) is 5.91 Å². The van der Waals surface area contributed by atoms with Crippen LogP contribution >= 0.6 is 11.3 Å². The summed E-state index contributed by atoms with van der Waals surface area (Å²) in [6, 6.07) is 3.76. The number of likely N-dealkylation sites (N-methyl/N-ethyl adjacent to an activating group) is 1. The Balaban J connectivity index is 1.48. The molecule has 2 fully saturated rings. The molecule has 0 bridgehead atoms. The number of thiophene rings is 1. The van der Waals surface area contributed by atoms with Crippen LogP contribution in [0, 0.1) is 5.82 Å². The molecular formula is C26H34FN7OS. The lowest BCUT2D eigenvalue weighted by Crippen LogP contribution is -2.50. The van der Waals surface area contributed by atoms with E-state index < -0.39 is 5.82 Å². The Morgan fingerprint density at radius 2 is 1.92 bits per heavy atom. The van der Waals surface area contributed by atoms with E-state index in [0.29, 0.717) is 17.8 Å². The van der Waals surface area contributed by atoms with Gasteiger partial charge in [-0.2, -0.15) is 0 Å². The highest BCUT2D eigenvalue weighted by Crippen LogP contribution is 2.44. The maximum Gasteiger partial charge on any atom is 0.263 e. The molecule has 0 spiro atoms. The smallest absolute Gasteiger partial charge is 0.263 e. The van der Waals surface area contributed by atoms with Crippen molar-refractivity contribution in [2.24, 2.45) is 5.84 Å². The standard InChI is InChI=1S/C26H34FN7OS/c1-16-15-33(10-9-32(16)4)18-11-20(27)25(30-13-18)34(28)22-12-19-21(14-29-22)36-24(26(35)31(2)3)23(19)17-7-5-6-8-17/h11-14,16-17H,5-10,15,28H2,1-4H3/t16-/m0/s1. The van der Waals surface area contributed by atoms with Gasteiger partial charge in [-0.15, -0.1) is 11.3 Å². The van der Waals surface area contributed by atoms with Gasteiger partial charge in [-0.3, -0.25) is 4.79 Å². The highest BCUT2D eigenvalue weighted by molar-refractivity contribution is 7.21. The van der Waals surface area contributed by atoms with E-state index in [2.05, 4.69) is 33.7 Å². The molecular weight excluding hydrogens is 477 g/mol. The summed E-state index contributed by atoms with van der Waals surface area (Å²) in [4.78, 5) is 28.7. The number of amides is 1. The summed E-state index contributed by atoms with van der Waals surface area (Å²) in [6.45, 7) is 4.72. The molecule has 0 aromatic carbocycles. The molecule has 3 aromatic heterocycles. The first-order chi connectivity index (χ1) is 17.2. The van der Waals surface area contributed by atoms with E-state index in [4.69, 9.17) is 5.84 Å². The first kappa shape index (κ1) is 24.9. The Kier molecular flexibility index (Phi) is 6.84. The Morgan fingerprint density at radius 1 is 1.17 bits per heavy atom. The van der Waals surface area contributed by atoms with Crippen LogP contribution in [0.2, 0.25) is 0 Å².